The molecule has 4 nitrogen and oxygen atoms in total. The number of rotatable bonds is 3. The van der Waals surface area contributed by atoms with Gasteiger partial charge in [-0.3, -0.25) is 5.41 Å². The Kier molecular flexibility index (Phi) is 5.42. The lowest BCUT2D eigenvalue weighted by Crippen LogP contribution is -2.29. The lowest BCUT2D eigenvalue weighted by molar-refractivity contribution is 0.918. The van der Waals surface area contributed by atoms with Crippen LogP contribution >= 0.6 is 0 Å². The lowest BCUT2D eigenvalue weighted by Gasteiger charge is -1.98. The molecule has 4 heteroatoms. The smallest absolute Gasteiger partial charge is 0.208 e. The van der Waals surface area contributed by atoms with Crippen LogP contribution in [0.1, 0.15) is 19.8 Å². The maximum Gasteiger partial charge on any atom is 0.208 e. The van der Waals surface area contributed by atoms with E-state index >= 15 is 0 Å². The van der Waals surface area contributed by atoms with Crippen LogP contribution in [0.4, 0.5) is 0 Å². The van der Waals surface area contributed by atoms with Gasteiger partial charge >= 0.3 is 0 Å². The molecule has 0 unspecified atom stereocenters. The second kappa shape index (κ2) is 6.07. The summed E-state index contributed by atoms with van der Waals surface area (Å²) in [6.07, 6.45) is 3.79. The highest BCUT2D eigenvalue weighted by Crippen LogP contribution is 1.78. The van der Waals surface area contributed by atoms with E-state index in [-0.39, 0.29) is 5.96 Å². The first-order chi connectivity index (χ1) is 4.81. The molecule has 3 N–H and O–H groups in total. The average Bonchev–Trinajstić information content (AvgIpc) is 1.98. The lowest BCUT2D eigenvalue weighted by atomic mass is 10.4. The van der Waals surface area contributed by atoms with E-state index in [9.17, 15) is 0 Å². The molecule has 0 aliphatic carbocycles. The van der Waals surface area contributed by atoms with Gasteiger partial charge in [-0.2, -0.15) is 5.10 Å². The molecule has 0 saturated heterocycles. The third kappa shape index (κ3) is 5.08. The topological polar surface area (TPSA) is 60.3 Å². The first-order valence-electron chi connectivity index (χ1n) is 3.35. The van der Waals surface area contributed by atoms with E-state index in [2.05, 4.69) is 22.8 Å². The molecule has 58 valence electrons. The molecule has 0 aromatic rings. The van der Waals surface area contributed by atoms with Gasteiger partial charge in [0.2, 0.25) is 5.96 Å². The number of unbranched alkanes of at least 4 members (excludes halogenated alkanes) is 1. The van der Waals surface area contributed by atoms with Crippen LogP contribution in [0.5, 0.6) is 0 Å². The van der Waals surface area contributed by atoms with Crippen molar-refractivity contribution in [3.05, 3.63) is 0 Å². The highest BCUT2D eigenvalue weighted by molar-refractivity contribution is 5.76. The molecular formula is C6H14N4. The van der Waals surface area contributed by atoms with Crippen LogP contribution in [0.3, 0.4) is 0 Å². The molecule has 0 spiro atoms. The fourth-order valence-electron chi connectivity index (χ4n) is 0.360. The average molecular weight is 142 g/mol. The van der Waals surface area contributed by atoms with E-state index < -0.39 is 0 Å². The summed E-state index contributed by atoms with van der Waals surface area (Å²) >= 11 is 0. The van der Waals surface area contributed by atoms with Gasteiger partial charge in [0, 0.05) is 13.3 Å². The Morgan fingerprint density at radius 2 is 2.40 bits per heavy atom. The van der Waals surface area contributed by atoms with E-state index in [1.54, 1.807) is 13.3 Å². The number of nitrogens with zero attached hydrogens (tertiary/aromatic N) is 1. The monoisotopic (exact) mass is 142 g/mol. The van der Waals surface area contributed by atoms with Crippen molar-refractivity contribution in [1.29, 1.82) is 5.41 Å². The maximum absolute atomic E-state index is 7.04. The Balaban J connectivity index is 3.25. The summed E-state index contributed by atoms with van der Waals surface area (Å²) in [7, 11) is 1.67. The molecular weight excluding hydrogens is 128 g/mol. The van der Waals surface area contributed by atoms with Crippen LogP contribution < -0.4 is 10.7 Å². The van der Waals surface area contributed by atoms with Crippen molar-refractivity contribution in [1.82, 2.24) is 10.7 Å². The van der Waals surface area contributed by atoms with Crippen LogP contribution in [0, 0.1) is 5.41 Å². The zero-order valence-corrected chi connectivity index (χ0v) is 6.44. The summed E-state index contributed by atoms with van der Waals surface area (Å²) in [5, 5.41) is 13.4. The second-order valence-corrected chi connectivity index (χ2v) is 1.84. The molecule has 0 fully saturated rings. The zero-order chi connectivity index (χ0) is 7.82. The van der Waals surface area contributed by atoms with E-state index in [4.69, 9.17) is 5.41 Å². The molecule has 0 radical (unpaired) electrons. The normalized spacial score (nSPS) is 9.80. The summed E-state index contributed by atoms with van der Waals surface area (Å²) in [5.41, 5.74) is 2.51. The number of guanidine groups is 1. The van der Waals surface area contributed by atoms with Crippen LogP contribution in [0.2, 0.25) is 0 Å². The van der Waals surface area contributed by atoms with Crippen molar-refractivity contribution in [3.63, 3.8) is 0 Å². The standard InChI is InChI=1S/C6H14N4/c1-3-4-5-9-10-6(7)8-2/h5H,3-4H2,1-2H3,(H3,7,8,10). The number of hydrazone groups is 1. The summed E-state index contributed by atoms with van der Waals surface area (Å²) in [4.78, 5) is 0. The summed E-state index contributed by atoms with van der Waals surface area (Å²) in [6, 6.07) is 0. The van der Waals surface area contributed by atoms with E-state index in [1.165, 1.54) is 0 Å². The molecule has 0 aromatic carbocycles. The highest BCUT2D eigenvalue weighted by Gasteiger charge is 1.82. The molecule has 0 saturated carbocycles. The largest absolute Gasteiger partial charge is 0.358 e. The highest BCUT2D eigenvalue weighted by atomic mass is 15.4. The first-order valence-corrected chi connectivity index (χ1v) is 3.35. The van der Waals surface area contributed by atoms with Crippen LogP contribution in [-0.2, 0) is 0 Å². The van der Waals surface area contributed by atoms with Crippen molar-refractivity contribution < 1.29 is 0 Å². The van der Waals surface area contributed by atoms with Gasteiger partial charge in [0.15, 0.2) is 0 Å². The van der Waals surface area contributed by atoms with Gasteiger partial charge in [-0.1, -0.05) is 13.3 Å². The predicted molar refractivity (Wildman–Crippen MR) is 43.3 cm³/mol. The number of hydrogen-bond donors (Lipinski definition) is 3. The Morgan fingerprint density at radius 1 is 1.70 bits per heavy atom. The van der Waals surface area contributed by atoms with Gasteiger partial charge < -0.3 is 5.32 Å². The quantitative estimate of drug-likeness (QED) is 0.305. The molecule has 0 heterocycles. The van der Waals surface area contributed by atoms with Gasteiger partial charge in [-0.25, -0.2) is 5.43 Å². The Bertz CT molecular complexity index is 119. The van der Waals surface area contributed by atoms with Crippen molar-refractivity contribution in [2.24, 2.45) is 5.10 Å². The number of nitrogens with one attached hydrogen (secondary N) is 3. The summed E-state index contributed by atoms with van der Waals surface area (Å²) < 4.78 is 0. The van der Waals surface area contributed by atoms with Crippen LogP contribution in [0.25, 0.3) is 0 Å². The molecule has 0 aliphatic rings. The van der Waals surface area contributed by atoms with Gasteiger partial charge in [0.25, 0.3) is 0 Å². The van der Waals surface area contributed by atoms with Crippen LogP contribution in [-0.4, -0.2) is 19.2 Å². The molecule has 0 aromatic heterocycles. The maximum atomic E-state index is 7.04. The van der Waals surface area contributed by atoms with E-state index in [1.807, 2.05) is 0 Å². The van der Waals surface area contributed by atoms with Crippen LogP contribution in [0.15, 0.2) is 5.10 Å². The Labute approximate surface area is 61.2 Å². The number of hydrogen-bond acceptors (Lipinski definition) is 2. The Hall–Kier alpha value is -1.06. The second-order valence-electron chi connectivity index (χ2n) is 1.84. The van der Waals surface area contributed by atoms with Crippen molar-refractivity contribution in [2.45, 2.75) is 19.8 Å². The van der Waals surface area contributed by atoms with Crippen molar-refractivity contribution >= 4 is 12.2 Å². The zero-order valence-electron chi connectivity index (χ0n) is 6.44. The molecule has 10 heavy (non-hydrogen) atoms. The third-order valence-electron chi connectivity index (χ3n) is 0.935. The first kappa shape index (κ1) is 8.94. The van der Waals surface area contributed by atoms with Gasteiger partial charge in [-0.15, -0.1) is 0 Å². The fourth-order valence-corrected chi connectivity index (χ4v) is 0.360. The minimum atomic E-state index is 0.215. The minimum absolute atomic E-state index is 0.215. The van der Waals surface area contributed by atoms with Gasteiger partial charge in [0.1, 0.15) is 0 Å². The summed E-state index contributed by atoms with van der Waals surface area (Å²) in [6.45, 7) is 2.08. The van der Waals surface area contributed by atoms with E-state index in [0.717, 1.165) is 12.8 Å². The fraction of sp³-hybridized carbons (Fsp3) is 0.667. The van der Waals surface area contributed by atoms with Crippen molar-refractivity contribution in [3.8, 4) is 0 Å². The van der Waals surface area contributed by atoms with Gasteiger partial charge in [-0.05, 0) is 6.42 Å². The van der Waals surface area contributed by atoms with Crippen molar-refractivity contribution in [2.75, 3.05) is 7.05 Å². The molecule has 0 rings (SSSR count). The SMILES string of the molecule is CCCC=NNC(=N)NC. The Morgan fingerprint density at radius 3 is 2.90 bits per heavy atom. The molecule has 0 bridgehead atoms. The predicted octanol–water partition coefficient (Wildman–Crippen LogP) is 0.516. The summed E-state index contributed by atoms with van der Waals surface area (Å²) in [5.74, 6) is 0.215. The minimum Gasteiger partial charge on any atom is -0.358 e. The van der Waals surface area contributed by atoms with Gasteiger partial charge in [0.05, 0.1) is 0 Å². The molecule has 0 aliphatic heterocycles. The molecule has 0 atom stereocenters. The third-order valence-corrected chi connectivity index (χ3v) is 0.935. The van der Waals surface area contributed by atoms with E-state index in [0.29, 0.717) is 0 Å². The molecule has 0 amide bonds.